The number of nitrogens with one attached hydrogen (secondary N) is 2. The van der Waals surface area contributed by atoms with Gasteiger partial charge in [0.25, 0.3) is 10.0 Å². The second kappa shape index (κ2) is 6.78. The van der Waals surface area contributed by atoms with Crippen LogP contribution in [-0.2, 0) is 16.6 Å². The molecule has 0 saturated heterocycles. The number of rotatable bonds is 5. The second-order valence-electron chi connectivity index (χ2n) is 4.43. The van der Waals surface area contributed by atoms with Gasteiger partial charge in [0.05, 0.1) is 5.69 Å². The van der Waals surface area contributed by atoms with E-state index < -0.39 is 10.0 Å². The van der Waals surface area contributed by atoms with Gasteiger partial charge >= 0.3 is 0 Å². The summed E-state index contributed by atoms with van der Waals surface area (Å²) in [5.41, 5.74) is 1.48. The minimum atomic E-state index is -3.58. The van der Waals surface area contributed by atoms with Crippen molar-refractivity contribution in [3.8, 4) is 0 Å². The molecule has 2 rings (SSSR count). The number of hydrogen-bond donors (Lipinski definition) is 2. The molecule has 0 radical (unpaired) electrons. The summed E-state index contributed by atoms with van der Waals surface area (Å²) >= 11 is 7.96. The molecule has 1 aromatic heterocycles. The maximum absolute atomic E-state index is 12.5. The van der Waals surface area contributed by atoms with Gasteiger partial charge in [-0.2, -0.15) is 0 Å². The SMILES string of the molecule is CNCc1sc(S(=O)(=O)Nc2cc(Br)ccc2Br)cc1C. The van der Waals surface area contributed by atoms with E-state index in [-0.39, 0.29) is 0 Å². The van der Waals surface area contributed by atoms with Gasteiger partial charge in [0.1, 0.15) is 4.21 Å². The van der Waals surface area contributed by atoms with Gasteiger partial charge in [0.15, 0.2) is 0 Å². The molecule has 0 bridgehead atoms. The van der Waals surface area contributed by atoms with Crippen LogP contribution < -0.4 is 10.0 Å². The number of thiophene rings is 1. The molecule has 0 atom stereocenters. The van der Waals surface area contributed by atoms with E-state index in [4.69, 9.17) is 0 Å². The zero-order valence-electron chi connectivity index (χ0n) is 11.4. The van der Waals surface area contributed by atoms with E-state index in [0.717, 1.165) is 14.9 Å². The Labute approximate surface area is 145 Å². The van der Waals surface area contributed by atoms with E-state index in [0.29, 0.717) is 20.9 Å². The van der Waals surface area contributed by atoms with Crippen LogP contribution in [0.25, 0.3) is 0 Å². The molecule has 0 fully saturated rings. The van der Waals surface area contributed by atoms with Gasteiger partial charge in [-0.3, -0.25) is 4.72 Å². The monoisotopic (exact) mass is 452 g/mol. The summed E-state index contributed by atoms with van der Waals surface area (Å²) in [5, 5.41) is 3.04. The Bertz CT molecular complexity index is 758. The van der Waals surface area contributed by atoms with Crippen molar-refractivity contribution < 1.29 is 8.42 Å². The largest absolute Gasteiger partial charge is 0.315 e. The lowest BCUT2D eigenvalue weighted by Crippen LogP contribution is -2.11. The van der Waals surface area contributed by atoms with Crippen LogP contribution in [0.3, 0.4) is 0 Å². The molecule has 0 aliphatic heterocycles. The first-order valence-electron chi connectivity index (χ1n) is 6.05. The summed E-state index contributed by atoms with van der Waals surface area (Å²) in [6.07, 6.45) is 0. The number of aryl methyl sites for hydroxylation is 1. The van der Waals surface area contributed by atoms with Gasteiger partial charge in [0, 0.05) is 20.4 Å². The van der Waals surface area contributed by atoms with Crippen molar-refractivity contribution in [2.24, 2.45) is 0 Å². The highest BCUT2D eigenvalue weighted by Crippen LogP contribution is 2.31. The van der Waals surface area contributed by atoms with Gasteiger partial charge in [-0.15, -0.1) is 11.3 Å². The Hall–Kier alpha value is -0.410. The molecule has 0 spiro atoms. The van der Waals surface area contributed by atoms with E-state index in [1.54, 1.807) is 18.2 Å². The number of anilines is 1. The zero-order chi connectivity index (χ0) is 15.6. The molecule has 0 saturated carbocycles. The molecule has 114 valence electrons. The molecule has 0 aliphatic rings. The summed E-state index contributed by atoms with van der Waals surface area (Å²) in [4.78, 5) is 1.02. The first kappa shape index (κ1) is 17.0. The second-order valence-corrected chi connectivity index (χ2v) is 9.25. The fraction of sp³-hybridized carbons (Fsp3) is 0.231. The van der Waals surface area contributed by atoms with E-state index >= 15 is 0 Å². The molecular formula is C13H14Br2N2O2S2. The topological polar surface area (TPSA) is 58.2 Å². The fourth-order valence-corrected chi connectivity index (χ4v) is 5.24. The molecule has 0 unspecified atom stereocenters. The van der Waals surface area contributed by atoms with Crippen LogP contribution in [0.1, 0.15) is 10.4 Å². The lowest BCUT2D eigenvalue weighted by Gasteiger charge is -2.08. The average Bonchev–Trinajstić information content (AvgIpc) is 2.77. The van der Waals surface area contributed by atoms with E-state index in [1.165, 1.54) is 11.3 Å². The van der Waals surface area contributed by atoms with Crippen LogP contribution >= 0.6 is 43.2 Å². The Morgan fingerprint density at radius 3 is 2.62 bits per heavy atom. The first-order valence-corrected chi connectivity index (χ1v) is 9.94. The number of hydrogen-bond acceptors (Lipinski definition) is 4. The lowest BCUT2D eigenvalue weighted by atomic mass is 10.3. The van der Waals surface area contributed by atoms with E-state index in [2.05, 4.69) is 41.9 Å². The third-order valence-electron chi connectivity index (χ3n) is 2.77. The van der Waals surface area contributed by atoms with E-state index in [9.17, 15) is 8.42 Å². The first-order chi connectivity index (χ1) is 9.83. The van der Waals surface area contributed by atoms with Gasteiger partial charge < -0.3 is 5.32 Å². The van der Waals surface area contributed by atoms with Crippen LogP contribution in [0, 0.1) is 6.92 Å². The van der Waals surface area contributed by atoms with Gasteiger partial charge in [-0.25, -0.2) is 8.42 Å². The molecule has 2 aromatic rings. The summed E-state index contributed by atoms with van der Waals surface area (Å²) < 4.78 is 29.4. The molecule has 8 heteroatoms. The highest BCUT2D eigenvalue weighted by atomic mass is 79.9. The quantitative estimate of drug-likeness (QED) is 0.716. The Morgan fingerprint density at radius 2 is 1.95 bits per heavy atom. The summed E-state index contributed by atoms with van der Waals surface area (Å²) in [5.74, 6) is 0. The van der Waals surface area contributed by atoms with Crippen LogP contribution in [0.2, 0.25) is 0 Å². The lowest BCUT2D eigenvalue weighted by molar-refractivity contribution is 0.603. The van der Waals surface area contributed by atoms with Crippen molar-refractivity contribution in [2.45, 2.75) is 17.7 Å². The number of benzene rings is 1. The number of sulfonamides is 1. The van der Waals surface area contributed by atoms with Crippen molar-refractivity contribution in [1.82, 2.24) is 5.32 Å². The van der Waals surface area contributed by atoms with Gasteiger partial charge in [-0.05, 0) is 59.7 Å². The number of halogens is 2. The van der Waals surface area contributed by atoms with Crippen molar-refractivity contribution in [1.29, 1.82) is 0 Å². The minimum Gasteiger partial charge on any atom is -0.315 e. The van der Waals surface area contributed by atoms with Gasteiger partial charge in [0.2, 0.25) is 0 Å². The van der Waals surface area contributed by atoms with Crippen LogP contribution in [0.5, 0.6) is 0 Å². The fourth-order valence-electron chi connectivity index (χ4n) is 1.73. The molecule has 0 amide bonds. The van der Waals surface area contributed by atoms with Crippen molar-refractivity contribution in [2.75, 3.05) is 11.8 Å². The van der Waals surface area contributed by atoms with Crippen molar-refractivity contribution in [3.05, 3.63) is 43.7 Å². The maximum Gasteiger partial charge on any atom is 0.271 e. The summed E-state index contributed by atoms with van der Waals surface area (Å²) in [7, 11) is -1.75. The normalized spacial score (nSPS) is 11.6. The Morgan fingerprint density at radius 1 is 1.24 bits per heavy atom. The zero-order valence-corrected chi connectivity index (χ0v) is 16.2. The molecular weight excluding hydrogens is 440 g/mol. The summed E-state index contributed by atoms with van der Waals surface area (Å²) in [6.45, 7) is 2.57. The third kappa shape index (κ3) is 4.07. The van der Waals surface area contributed by atoms with E-state index in [1.807, 2.05) is 20.0 Å². The molecule has 1 aromatic carbocycles. The third-order valence-corrected chi connectivity index (χ3v) is 7.03. The average molecular weight is 454 g/mol. The highest BCUT2D eigenvalue weighted by Gasteiger charge is 2.20. The molecule has 1 heterocycles. The molecule has 4 nitrogen and oxygen atoms in total. The Kier molecular flexibility index (Phi) is 5.48. The standard InChI is InChI=1S/C13H14Br2N2O2S2/c1-8-5-13(20-12(8)7-16-2)21(18,19)17-11-6-9(14)3-4-10(11)15/h3-6,16-17H,7H2,1-2H3. The molecule has 21 heavy (non-hydrogen) atoms. The van der Waals surface area contributed by atoms with Crippen molar-refractivity contribution >= 4 is 58.9 Å². The van der Waals surface area contributed by atoms with Crippen LogP contribution in [-0.4, -0.2) is 15.5 Å². The van der Waals surface area contributed by atoms with Crippen LogP contribution in [0.15, 0.2) is 37.4 Å². The maximum atomic E-state index is 12.5. The predicted molar refractivity (Wildman–Crippen MR) is 94.5 cm³/mol. The molecule has 0 aliphatic carbocycles. The minimum absolute atomic E-state index is 0.317. The van der Waals surface area contributed by atoms with Crippen LogP contribution in [0.4, 0.5) is 5.69 Å². The highest BCUT2D eigenvalue weighted by molar-refractivity contribution is 9.11. The van der Waals surface area contributed by atoms with Gasteiger partial charge in [-0.1, -0.05) is 15.9 Å². The van der Waals surface area contributed by atoms with Crippen molar-refractivity contribution in [3.63, 3.8) is 0 Å². The predicted octanol–water partition coefficient (Wildman–Crippen LogP) is 4.10. The molecule has 2 N–H and O–H groups in total. The summed E-state index contributed by atoms with van der Waals surface area (Å²) in [6, 6.07) is 7.04. The Balaban J connectivity index is 2.34. The smallest absolute Gasteiger partial charge is 0.271 e.